The van der Waals surface area contributed by atoms with Crippen LogP contribution in [-0.4, -0.2) is 10.9 Å². The van der Waals surface area contributed by atoms with Gasteiger partial charge in [0.05, 0.1) is 0 Å². The molecule has 1 heterocycles. The lowest BCUT2D eigenvalue weighted by atomic mass is 9.88. The molecular weight excluding hydrogens is 234 g/mol. The van der Waals surface area contributed by atoms with E-state index in [2.05, 4.69) is 10.3 Å². The molecule has 1 aliphatic carbocycles. The molecule has 0 radical (unpaired) electrons. The van der Waals surface area contributed by atoms with Crippen molar-refractivity contribution in [2.75, 3.05) is 5.32 Å². The molecule has 0 spiro atoms. The number of carbonyl (C=O) groups is 1. The number of pyridine rings is 1. The summed E-state index contributed by atoms with van der Waals surface area (Å²) in [4.78, 5) is 16.1. The van der Waals surface area contributed by atoms with Crippen LogP contribution in [0.4, 0.5) is 5.69 Å². The lowest BCUT2D eigenvalue weighted by Gasteiger charge is -2.20. The zero-order valence-electron chi connectivity index (χ0n) is 9.69. The third kappa shape index (κ3) is 3.44. The van der Waals surface area contributed by atoms with Crippen molar-refractivity contribution < 1.29 is 4.79 Å². The van der Waals surface area contributed by atoms with Crippen molar-refractivity contribution in [3.05, 3.63) is 18.3 Å². The molecule has 1 aromatic heterocycles. The maximum atomic E-state index is 12.0. The number of hydrogen-bond acceptors (Lipinski definition) is 4. The second kappa shape index (κ2) is 6.02. The summed E-state index contributed by atoms with van der Waals surface area (Å²) < 4.78 is 0. The van der Waals surface area contributed by atoms with Crippen LogP contribution in [0.1, 0.15) is 32.1 Å². The van der Waals surface area contributed by atoms with E-state index in [1.165, 1.54) is 19.3 Å². The molecule has 1 aromatic rings. The average Bonchev–Trinajstić information content (AvgIpc) is 2.40. The summed E-state index contributed by atoms with van der Waals surface area (Å²) in [6, 6.07) is 3.59. The highest BCUT2D eigenvalue weighted by Crippen LogP contribution is 2.25. The molecule has 3 N–H and O–H groups in total. The normalized spacial score (nSPS) is 16.8. The maximum absolute atomic E-state index is 12.0. The summed E-state index contributed by atoms with van der Waals surface area (Å²) >= 11 is 1.08. The van der Waals surface area contributed by atoms with Crippen LogP contribution in [0, 0.1) is 5.92 Å². The van der Waals surface area contributed by atoms with Gasteiger partial charge >= 0.3 is 0 Å². The van der Waals surface area contributed by atoms with Crippen molar-refractivity contribution in [2.45, 2.75) is 37.1 Å². The van der Waals surface area contributed by atoms with Crippen molar-refractivity contribution in [2.24, 2.45) is 11.1 Å². The third-order valence-electron chi connectivity index (χ3n) is 3.10. The van der Waals surface area contributed by atoms with Crippen molar-refractivity contribution in [3.8, 4) is 0 Å². The highest BCUT2D eigenvalue weighted by Gasteiger charge is 2.20. The van der Waals surface area contributed by atoms with Gasteiger partial charge in [0.2, 0.25) is 5.91 Å². The van der Waals surface area contributed by atoms with E-state index in [-0.39, 0.29) is 11.8 Å². The molecule has 2 rings (SSSR count). The number of nitrogens with one attached hydrogen (secondary N) is 1. The van der Waals surface area contributed by atoms with E-state index in [0.717, 1.165) is 30.5 Å². The van der Waals surface area contributed by atoms with Crippen LogP contribution in [0.15, 0.2) is 23.4 Å². The Morgan fingerprint density at radius 2 is 2.18 bits per heavy atom. The number of carbonyl (C=O) groups excluding carboxylic acids is 1. The van der Waals surface area contributed by atoms with E-state index in [9.17, 15) is 4.79 Å². The number of anilines is 1. The average molecular weight is 251 g/mol. The van der Waals surface area contributed by atoms with Crippen LogP contribution in [0.5, 0.6) is 0 Å². The number of nitrogens with zero attached hydrogens (tertiary/aromatic N) is 1. The molecule has 0 aliphatic heterocycles. The van der Waals surface area contributed by atoms with Gasteiger partial charge in [-0.1, -0.05) is 19.3 Å². The van der Waals surface area contributed by atoms with Gasteiger partial charge in [0.25, 0.3) is 0 Å². The van der Waals surface area contributed by atoms with Crippen molar-refractivity contribution in [1.82, 2.24) is 4.98 Å². The molecule has 0 unspecified atom stereocenters. The number of rotatable bonds is 3. The van der Waals surface area contributed by atoms with Crippen molar-refractivity contribution >= 4 is 23.5 Å². The Hall–Kier alpha value is -1.07. The van der Waals surface area contributed by atoms with Gasteiger partial charge in [0, 0.05) is 17.8 Å². The fourth-order valence-electron chi connectivity index (χ4n) is 2.16. The van der Waals surface area contributed by atoms with Crippen LogP contribution in [0.25, 0.3) is 0 Å². The molecule has 17 heavy (non-hydrogen) atoms. The van der Waals surface area contributed by atoms with Crippen LogP contribution in [0.2, 0.25) is 0 Å². The van der Waals surface area contributed by atoms with Gasteiger partial charge in [-0.25, -0.2) is 4.98 Å². The molecule has 92 valence electrons. The lowest BCUT2D eigenvalue weighted by Crippen LogP contribution is -2.24. The molecule has 1 amide bonds. The van der Waals surface area contributed by atoms with E-state index in [1.54, 1.807) is 18.3 Å². The molecule has 0 atom stereocenters. The van der Waals surface area contributed by atoms with Crippen molar-refractivity contribution in [1.29, 1.82) is 0 Å². The van der Waals surface area contributed by atoms with Gasteiger partial charge < -0.3 is 5.32 Å². The van der Waals surface area contributed by atoms with Crippen molar-refractivity contribution in [3.63, 3.8) is 0 Å². The first-order valence-corrected chi connectivity index (χ1v) is 6.81. The summed E-state index contributed by atoms with van der Waals surface area (Å²) in [5.74, 6) is 0.301. The van der Waals surface area contributed by atoms with Crippen LogP contribution >= 0.6 is 11.9 Å². The Balaban J connectivity index is 1.96. The minimum atomic E-state index is 0.129. The Morgan fingerprint density at radius 3 is 2.88 bits per heavy atom. The maximum Gasteiger partial charge on any atom is 0.227 e. The van der Waals surface area contributed by atoms with Gasteiger partial charge in [-0.3, -0.25) is 9.93 Å². The highest BCUT2D eigenvalue weighted by atomic mass is 32.2. The number of aromatic nitrogens is 1. The lowest BCUT2D eigenvalue weighted by molar-refractivity contribution is -0.120. The van der Waals surface area contributed by atoms with E-state index in [1.807, 2.05) is 0 Å². The first kappa shape index (κ1) is 12.4. The zero-order valence-corrected chi connectivity index (χ0v) is 10.5. The fraction of sp³-hybridized carbons (Fsp3) is 0.500. The molecule has 4 nitrogen and oxygen atoms in total. The molecule has 1 fully saturated rings. The summed E-state index contributed by atoms with van der Waals surface area (Å²) in [6.07, 6.45) is 7.26. The predicted octanol–water partition coefficient (Wildman–Crippen LogP) is 2.57. The molecule has 0 bridgehead atoms. The number of hydrogen-bond donors (Lipinski definition) is 2. The highest BCUT2D eigenvalue weighted by molar-refractivity contribution is 7.97. The molecule has 0 saturated heterocycles. The van der Waals surface area contributed by atoms with Gasteiger partial charge in [0.15, 0.2) is 0 Å². The number of nitrogens with two attached hydrogens (primary N) is 1. The largest absolute Gasteiger partial charge is 0.326 e. The Morgan fingerprint density at radius 1 is 1.41 bits per heavy atom. The van der Waals surface area contributed by atoms with Gasteiger partial charge in [-0.15, -0.1) is 0 Å². The summed E-state index contributed by atoms with van der Waals surface area (Å²) in [5.41, 5.74) is 0.781. The Bertz CT molecular complexity index is 391. The van der Waals surface area contributed by atoms with Crippen LogP contribution < -0.4 is 10.5 Å². The molecular formula is C12H17N3OS. The molecule has 1 saturated carbocycles. The molecule has 1 aliphatic rings. The minimum absolute atomic E-state index is 0.129. The van der Waals surface area contributed by atoms with Gasteiger partial charge in [-0.2, -0.15) is 0 Å². The van der Waals surface area contributed by atoms with E-state index in [4.69, 9.17) is 5.14 Å². The standard InChI is InChI=1S/C12H17N3OS/c13-17-11-8-10(6-7-14-11)15-12(16)9-4-2-1-3-5-9/h6-9H,1-5,13H2,(H,14,15,16). The second-order valence-corrected chi connectivity index (χ2v) is 4.98. The molecule has 0 aromatic carbocycles. The number of amides is 1. The zero-order chi connectivity index (χ0) is 12.1. The summed E-state index contributed by atoms with van der Waals surface area (Å²) in [6.45, 7) is 0. The third-order valence-corrected chi connectivity index (χ3v) is 3.56. The van der Waals surface area contributed by atoms with Crippen LogP contribution in [-0.2, 0) is 4.79 Å². The first-order valence-electron chi connectivity index (χ1n) is 5.93. The monoisotopic (exact) mass is 251 g/mol. The van der Waals surface area contributed by atoms with Gasteiger partial charge in [-0.05, 0) is 36.9 Å². The second-order valence-electron chi connectivity index (χ2n) is 4.32. The SMILES string of the molecule is NSc1cc(NC(=O)C2CCCCC2)ccn1. The minimum Gasteiger partial charge on any atom is -0.326 e. The van der Waals surface area contributed by atoms with Gasteiger partial charge in [0.1, 0.15) is 5.03 Å². The molecule has 5 heteroatoms. The summed E-state index contributed by atoms with van der Waals surface area (Å²) in [5, 5.41) is 9.09. The first-order chi connectivity index (χ1) is 8.29. The predicted molar refractivity (Wildman–Crippen MR) is 69.5 cm³/mol. The Labute approximate surface area is 106 Å². The quantitative estimate of drug-likeness (QED) is 0.810. The Kier molecular flexibility index (Phi) is 4.39. The van der Waals surface area contributed by atoms with E-state index >= 15 is 0 Å². The van der Waals surface area contributed by atoms with E-state index in [0.29, 0.717) is 5.03 Å². The topological polar surface area (TPSA) is 68.0 Å². The summed E-state index contributed by atoms with van der Waals surface area (Å²) in [7, 11) is 0. The van der Waals surface area contributed by atoms with E-state index < -0.39 is 0 Å². The van der Waals surface area contributed by atoms with Crippen LogP contribution in [0.3, 0.4) is 0 Å². The smallest absolute Gasteiger partial charge is 0.227 e. The fourth-order valence-corrected chi connectivity index (χ4v) is 2.48.